The lowest BCUT2D eigenvalue weighted by molar-refractivity contribution is -0.135. The Kier molecular flexibility index (Phi) is 4.94. The van der Waals surface area contributed by atoms with Crippen molar-refractivity contribution >= 4 is 33.2 Å². The van der Waals surface area contributed by atoms with Crippen molar-refractivity contribution in [2.75, 3.05) is 13.1 Å². The summed E-state index contributed by atoms with van der Waals surface area (Å²) < 4.78 is 14.2. The van der Waals surface area contributed by atoms with E-state index in [1.807, 2.05) is 4.90 Å². The van der Waals surface area contributed by atoms with E-state index in [1.54, 1.807) is 12.1 Å². The first kappa shape index (κ1) is 17.5. The molecular weight excluding hydrogens is 351 g/mol. The number of thiophene rings is 1. The Hall–Kier alpha value is -1.95. The van der Waals surface area contributed by atoms with E-state index in [1.165, 1.54) is 29.9 Å². The van der Waals surface area contributed by atoms with Gasteiger partial charge in [-0.1, -0.05) is 19.3 Å². The monoisotopic (exact) mass is 374 g/mol. The van der Waals surface area contributed by atoms with Gasteiger partial charge in [-0.25, -0.2) is 4.39 Å². The highest BCUT2D eigenvalue weighted by atomic mass is 32.1. The van der Waals surface area contributed by atoms with Crippen molar-refractivity contribution in [1.82, 2.24) is 10.2 Å². The minimum atomic E-state index is -0.296. The number of benzene rings is 1. The summed E-state index contributed by atoms with van der Waals surface area (Å²) in [5.41, 5.74) is 0. The molecule has 1 aliphatic carbocycles. The summed E-state index contributed by atoms with van der Waals surface area (Å²) in [6.07, 6.45) is 6.34. The molecule has 0 bridgehead atoms. The smallest absolute Gasteiger partial charge is 0.261 e. The molecule has 1 saturated carbocycles. The average Bonchev–Trinajstić information content (AvgIpc) is 3.28. The fourth-order valence-corrected chi connectivity index (χ4v) is 5.01. The molecule has 1 aliphatic heterocycles. The van der Waals surface area contributed by atoms with Crippen LogP contribution in [0.25, 0.3) is 10.1 Å². The summed E-state index contributed by atoms with van der Waals surface area (Å²) in [5.74, 6) is 0.00738. The van der Waals surface area contributed by atoms with Crippen LogP contribution in [0, 0.1) is 11.7 Å². The minimum Gasteiger partial charge on any atom is -0.347 e. The van der Waals surface area contributed by atoms with E-state index in [9.17, 15) is 14.0 Å². The summed E-state index contributed by atoms with van der Waals surface area (Å²) in [5, 5.41) is 3.79. The first-order valence-corrected chi connectivity index (χ1v) is 10.2. The average molecular weight is 374 g/mol. The number of likely N-dealkylation sites (tertiary alicyclic amines) is 1. The maximum atomic E-state index is 13.3. The summed E-state index contributed by atoms with van der Waals surface area (Å²) >= 11 is 1.37. The molecule has 4 nitrogen and oxygen atoms in total. The molecule has 1 N–H and O–H groups in total. The van der Waals surface area contributed by atoms with Crippen LogP contribution in [-0.4, -0.2) is 35.8 Å². The van der Waals surface area contributed by atoms with Gasteiger partial charge in [0, 0.05) is 29.7 Å². The van der Waals surface area contributed by atoms with E-state index in [0.717, 1.165) is 48.7 Å². The second-order valence-electron chi connectivity index (χ2n) is 7.37. The quantitative estimate of drug-likeness (QED) is 0.884. The molecule has 2 aromatic rings. The predicted molar refractivity (Wildman–Crippen MR) is 101 cm³/mol. The van der Waals surface area contributed by atoms with Gasteiger partial charge in [0.1, 0.15) is 5.82 Å². The molecule has 2 amide bonds. The van der Waals surface area contributed by atoms with Crippen LogP contribution in [0.1, 0.15) is 48.2 Å². The zero-order chi connectivity index (χ0) is 18.1. The molecule has 26 heavy (non-hydrogen) atoms. The highest BCUT2D eigenvalue weighted by Crippen LogP contribution is 2.28. The van der Waals surface area contributed by atoms with Crippen molar-refractivity contribution in [3.63, 3.8) is 0 Å². The van der Waals surface area contributed by atoms with Crippen LogP contribution < -0.4 is 5.32 Å². The van der Waals surface area contributed by atoms with Gasteiger partial charge >= 0.3 is 0 Å². The number of hydrogen-bond donors (Lipinski definition) is 1. The minimum absolute atomic E-state index is 0.00279. The zero-order valence-corrected chi connectivity index (χ0v) is 15.5. The van der Waals surface area contributed by atoms with Crippen molar-refractivity contribution < 1.29 is 14.0 Å². The Morgan fingerprint density at radius 1 is 1.12 bits per heavy atom. The van der Waals surface area contributed by atoms with E-state index >= 15 is 0 Å². The Morgan fingerprint density at radius 2 is 1.92 bits per heavy atom. The number of rotatable bonds is 3. The van der Waals surface area contributed by atoms with Crippen molar-refractivity contribution in [3.8, 4) is 0 Å². The molecular formula is C20H23FN2O2S. The van der Waals surface area contributed by atoms with Gasteiger partial charge in [0.15, 0.2) is 0 Å². The molecule has 1 aromatic carbocycles. The van der Waals surface area contributed by atoms with Crippen LogP contribution in [0.3, 0.4) is 0 Å². The van der Waals surface area contributed by atoms with Crippen LogP contribution in [0.5, 0.6) is 0 Å². The second-order valence-corrected chi connectivity index (χ2v) is 8.45. The molecule has 0 spiro atoms. The van der Waals surface area contributed by atoms with Crippen LogP contribution >= 0.6 is 11.3 Å². The van der Waals surface area contributed by atoms with Gasteiger partial charge in [-0.15, -0.1) is 11.3 Å². The SMILES string of the molecule is O=C(NC1CCN(C(=O)C2CCCCC2)C1)c1cc2cc(F)ccc2s1. The normalized spacial score (nSPS) is 21.3. The topological polar surface area (TPSA) is 49.4 Å². The Balaban J connectivity index is 1.36. The van der Waals surface area contributed by atoms with Gasteiger partial charge in [0.05, 0.1) is 4.88 Å². The number of amides is 2. The number of nitrogens with zero attached hydrogens (tertiary/aromatic N) is 1. The Labute approximate surface area is 156 Å². The highest BCUT2D eigenvalue weighted by molar-refractivity contribution is 7.20. The molecule has 4 rings (SSSR count). The van der Waals surface area contributed by atoms with E-state index < -0.39 is 0 Å². The van der Waals surface area contributed by atoms with E-state index in [4.69, 9.17) is 0 Å². The summed E-state index contributed by atoms with van der Waals surface area (Å²) in [6, 6.07) is 6.29. The van der Waals surface area contributed by atoms with Gasteiger partial charge in [0.2, 0.25) is 5.91 Å². The number of halogens is 1. The second kappa shape index (κ2) is 7.35. The third-order valence-corrected chi connectivity index (χ3v) is 6.61. The van der Waals surface area contributed by atoms with Crippen molar-refractivity contribution in [2.24, 2.45) is 5.92 Å². The first-order valence-electron chi connectivity index (χ1n) is 9.39. The third kappa shape index (κ3) is 3.61. The molecule has 1 saturated heterocycles. The van der Waals surface area contributed by atoms with E-state index in [2.05, 4.69) is 5.32 Å². The lowest BCUT2D eigenvalue weighted by Crippen LogP contribution is -2.40. The Morgan fingerprint density at radius 3 is 2.73 bits per heavy atom. The Bertz CT molecular complexity index is 828. The molecule has 2 fully saturated rings. The summed E-state index contributed by atoms with van der Waals surface area (Å²) in [4.78, 5) is 27.7. The number of carbonyl (C=O) groups excluding carboxylic acids is 2. The van der Waals surface area contributed by atoms with Crippen LogP contribution in [0.4, 0.5) is 4.39 Å². The molecule has 1 atom stereocenters. The van der Waals surface area contributed by atoms with Crippen LogP contribution in [0.2, 0.25) is 0 Å². The van der Waals surface area contributed by atoms with Gasteiger partial charge in [-0.3, -0.25) is 9.59 Å². The maximum Gasteiger partial charge on any atom is 0.261 e. The van der Waals surface area contributed by atoms with Gasteiger partial charge in [-0.2, -0.15) is 0 Å². The van der Waals surface area contributed by atoms with Gasteiger partial charge < -0.3 is 10.2 Å². The molecule has 6 heteroatoms. The largest absolute Gasteiger partial charge is 0.347 e. The summed E-state index contributed by atoms with van der Waals surface area (Å²) in [6.45, 7) is 1.32. The van der Waals surface area contributed by atoms with Gasteiger partial charge in [-0.05, 0) is 48.9 Å². The predicted octanol–water partition coefficient (Wildman–Crippen LogP) is 3.95. The number of nitrogens with one attached hydrogen (secondary N) is 1. The van der Waals surface area contributed by atoms with Crippen LogP contribution in [0.15, 0.2) is 24.3 Å². The zero-order valence-electron chi connectivity index (χ0n) is 14.7. The lowest BCUT2D eigenvalue weighted by Gasteiger charge is -2.26. The molecule has 0 radical (unpaired) electrons. The number of carbonyl (C=O) groups is 2. The lowest BCUT2D eigenvalue weighted by atomic mass is 9.88. The fraction of sp³-hybridized carbons (Fsp3) is 0.500. The standard InChI is InChI=1S/C20H23FN2O2S/c21-15-6-7-17-14(10-15)11-18(26-17)19(24)22-16-8-9-23(12-16)20(25)13-4-2-1-3-5-13/h6-7,10-11,13,16H,1-5,8-9,12H2,(H,22,24). The highest BCUT2D eigenvalue weighted by Gasteiger charge is 2.32. The molecule has 2 heterocycles. The number of hydrogen-bond acceptors (Lipinski definition) is 3. The molecule has 1 aromatic heterocycles. The third-order valence-electron chi connectivity index (χ3n) is 5.49. The van der Waals surface area contributed by atoms with Gasteiger partial charge in [0.25, 0.3) is 5.91 Å². The van der Waals surface area contributed by atoms with Crippen LogP contribution in [-0.2, 0) is 4.79 Å². The molecule has 2 aliphatic rings. The summed E-state index contributed by atoms with van der Waals surface area (Å²) in [7, 11) is 0. The van der Waals surface area contributed by atoms with E-state index in [-0.39, 0.29) is 29.6 Å². The van der Waals surface area contributed by atoms with Crippen molar-refractivity contribution in [3.05, 3.63) is 35.0 Å². The van der Waals surface area contributed by atoms with Crippen molar-refractivity contribution in [1.29, 1.82) is 0 Å². The molecule has 138 valence electrons. The maximum absolute atomic E-state index is 13.3. The fourth-order valence-electron chi connectivity index (χ4n) is 4.07. The van der Waals surface area contributed by atoms with Crippen molar-refractivity contribution in [2.45, 2.75) is 44.6 Å². The first-order chi connectivity index (χ1) is 12.6. The van der Waals surface area contributed by atoms with E-state index in [0.29, 0.717) is 11.4 Å². The molecule has 1 unspecified atom stereocenters. The number of fused-ring (bicyclic) bond motifs is 1.